The van der Waals surface area contributed by atoms with Crippen LogP contribution < -0.4 is 10.4 Å². The van der Waals surface area contributed by atoms with E-state index in [1.807, 2.05) is 62.6 Å². The maximum Gasteiger partial charge on any atom is 0.353 e. The highest BCUT2D eigenvalue weighted by Gasteiger charge is 2.29. The number of hydroxylamine groups is 1. The standard InChI is InChI=1S/C28H27FN6O5S/c1-17-12-18(8-10-30-17)19-9-11-34-23(16-31-25(34)14-19)20-6-7-22(21(29)13-20)32-27(36)35(40-41(5,37)38)26-15-24(39-33-26)28(2,3)4/h6-16H,1-5H3,(H,32,36). The van der Waals surface area contributed by atoms with Gasteiger partial charge in [-0.3, -0.25) is 9.38 Å². The first-order chi connectivity index (χ1) is 19.3. The van der Waals surface area contributed by atoms with E-state index in [1.165, 1.54) is 18.2 Å². The van der Waals surface area contributed by atoms with Crippen LogP contribution in [0.2, 0.25) is 0 Å². The number of hydrogen-bond donors (Lipinski definition) is 1. The smallest absolute Gasteiger partial charge is 0.353 e. The molecule has 5 rings (SSSR count). The Hall–Kier alpha value is -4.62. The quantitative estimate of drug-likeness (QED) is 0.253. The van der Waals surface area contributed by atoms with Crippen LogP contribution >= 0.6 is 0 Å². The third-order valence-electron chi connectivity index (χ3n) is 6.09. The third-order valence-corrected chi connectivity index (χ3v) is 6.51. The minimum Gasteiger partial charge on any atom is -0.359 e. The Labute approximate surface area is 235 Å². The van der Waals surface area contributed by atoms with Crippen molar-refractivity contribution in [2.75, 3.05) is 16.6 Å². The fraction of sp³-hybridized carbons (Fsp3) is 0.214. The molecule has 4 heterocycles. The van der Waals surface area contributed by atoms with Crippen molar-refractivity contribution in [2.45, 2.75) is 33.1 Å². The van der Waals surface area contributed by atoms with Crippen molar-refractivity contribution in [3.05, 3.63) is 84.4 Å². The number of aryl methyl sites for hydroxylation is 1. The fourth-order valence-corrected chi connectivity index (χ4v) is 4.48. The zero-order valence-corrected chi connectivity index (χ0v) is 23.7. The molecule has 0 bridgehead atoms. The molecule has 212 valence electrons. The van der Waals surface area contributed by atoms with E-state index in [9.17, 15) is 13.2 Å². The average molecular weight is 579 g/mol. The van der Waals surface area contributed by atoms with E-state index in [2.05, 4.69) is 20.4 Å². The maximum atomic E-state index is 15.2. The van der Waals surface area contributed by atoms with Gasteiger partial charge in [0.15, 0.2) is 0 Å². The normalized spacial score (nSPS) is 12.0. The molecule has 0 unspecified atom stereocenters. The second kappa shape index (κ2) is 10.4. The van der Waals surface area contributed by atoms with Crippen LogP contribution in [0.25, 0.3) is 28.0 Å². The number of nitrogens with zero attached hydrogens (tertiary/aromatic N) is 5. The molecule has 0 saturated heterocycles. The highest BCUT2D eigenvalue weighted by Crippen LogP contribution is 2.30. The Bertz CT molecular complexity index is 1880. The highest BCUT2D eigenvalue weighted by molar-refractivity contribution is 7.86. The molecule has 1 N–H and O–H groups in total. The van der Waals surface area contributed by atoms with Crippen molar-refractivity contribution in [3.63, 3.8) is 0 Å². The molecule has 0 radical (unpaired) electrons. The first-order valence-corrected chi connectivity index (χ1v) is 14.3. The summed E-state index contributed by atoms with van der Waals surface area (Å²) in [7, 11) is -4.15. The molecular formula is C28H27FN6O5S. The van der Waals surface area contributed by atoms with Gasteiger partial charge < -0.3 is 9.84 Å². The molecule has 0 saturated carbocycles. The molecule has 0 aliphatic heterocycles. The third kappa shape index (κ3) is 6.10. The lowest BCUT2D eigenvalue weighted by molar-refractivity contribution is 0.224. The summed E-state index contributed by atoms with van der Waals surface area (Å²) in [6.07, 6.45) is 5.99. The Balaban J connectivity index is 1.40. The lowest BCUT2D eigenvalue weighted by atomic mass is 9.93. The molecule has 0 spiro atoms. The molecule has 11 nitrogen and oxygen atoms in total. The fourth-order valence-electron chi connectivity index (χ4n) is 4.07. The molecular weight excluding hydrogens is 551 g/mol. The number of carbonyl (C=O) groups is 1. The number of aromatic nitrogens is 4. The van der Waals surface area contributed by atoms with E-state index in [0.717, 1.165) is 23.1 Å². The van der Waals surface area contributed by atoms with Gasteiger partial charge in [0.2, 0.25) is 5.82 Å². The van der Waals surface area contributed by atoms with Gasteiger partial charge in [0.25, 0.3) is 10.1 Å². The van der Waals surface area contributed by atoms with Crippen LogP contribution in [0.5, 0.6) is 0 Å². The van der Waals surface area contributed by atoms with Gasteiger partial charge in [-0.15, -0.1) is 9.35 Å². The van der Waals surface area contributed by atoms with Crippen LogP contribution in [0.4, 0.5) is 20.7 Å². The SMILES string of the molecule is Cc1cc(-c2ccn3c(-c4ccc(NC(=O)N(OS(C)(=O)=O)c5cc(C(C)(C)C)on5)c(F)c4)cnc3c2)ccn1. The van der Waals surface area contributed by atoms with Gasteiger partial charge in [0, 0.05) is 35.1 Å². The number of rotatable bonds is 6. The van der Waals surface area contributed by atoms with Gasteiger partial charge >= 0.3 is 6.03 Å². The molecule has 41 heavy (non-hydrogen) atoms. The van der Waals surface area contributed by atoms with Crippen molar-refractivity contribution in [1.29, 1.82) is 0 Å². The van der Waals surface area contributed by atoms with Crippen LogP contribution in [0, 0.1) is 12.7 Å². The predicted molar refractivity (Wildman–Crippen MR) is 151 cm³/mol. The molecule has 0 aliphatic rings. The Kier molecular flexibility index (Phi) is 7.09. The van der Waals surface area contributed by atoms with Gasteiger partial charge in [-0.2, -0.15) is 8.42 Å². The van der Waals surface area contributed by atoms with Gasteiger partial charge in [-0.05, 0) is 54.4 Å². The number of carbonyl (C=O) groups excluding carboxylic acids is 1. The molecule has 4 aromatic heterocycles. The zero-order chi connectivity index (χ0) is 29.5. The van der Waals surface area contributed by atoms with Gasteiger partial charge in [0.1, 0.15) is 17.2 Å². The van der Waals surface area contributed by atoms with Crippen LogP contribution in [-0.2, 0) is 19.8 Å². The monoisotopic (exact) mass is 578 g/mol. The van der Waals surface area contributed by atoms with E-state index in [4.69, 9.17) is 8.81 Å². The Morgan fingerprint density at radius 2 is 1.80 bits per heavy atom. The number of benzene rings is 1. The number of pyridine rings is 2. The molecule has 0 fully saturated rings. The van der Waals surface area contributed by atoms with E-state index in [0.29, 0.717) is 27.7 Å². The second-order valence-corrected chi connectivity index (χ2v) is 12.0. The number of halogens is 1. The van der Waals surface area contributed by atoms with Crippen molar-refractivity contribution in [2.24, 2.45) is 0 Å². The Morgan fingerprint density at radius 3 is 2.46 bits per heavy atom. The Morgan fingerprint density at radius 1 is 1.05 bits per heavy atom. The molecule has 0 aliphatic carbocycles. The predicted octanol–water partition coefficient (Wildman–Crippen LogP) is 5.73. The van der Waals surface area contributed by atoms with Gasteiger partial charge in [0.05, 0.1) is 23.8 Å². The summed E-state index contributed by atoms with van der Waals surface area (Å²) in [5.41, 5.74) is 4.00. The summed E-state index contributed by atoms with van der Waals surface area (Å²) < 4.78 is 50.8. The summed E-state index contributed by atoms with van der Waals surface area (Å²) in [5.74, 6) is -0.597. The second-order valence-electron chi connectivity index (χ2n) is 10.5. The van der Waals surface area contributed by atoms with E-state index < -0.39 is 27.4 Å². The van der Waals surface area contributed by atoms with Gasteiger partial charge in [-0.1, -0.05) is 32.0 Å². The molecule has 13 heteroatoms. The summed E-state index contributed by atoms with van der Waals surface area (Å²) in [5, 5.41) is 6.48. The topological polar surface area (TPSA) is 132 Å². The number of nitrogens with one attached hydrogen (secondary N) is 1. The minimum atomic E-state index is -4.15. The summed E-state index contributed by atoms with van der Waals surface area (Å²) in [4.78, 5) is 21.7. The highest BCUT2D eigenvalue weighted by atomic mass is 32.2. The zero-order valence-electron chi connectivity index (χ0n) is 22.9. The molecule has 2 amide bonds. The van der Waals surface area contributed by atoms with Crippen molar-refractivity contribution in [3.8, 4) is 22.4 Å². The maximum absolute atomic E-state index is 15.2. The van der Waals surface area contributed by atoms with E-state index in [-0.39, 0.29) is 11.5 Å². The van der Waals surface area contributed by atoms with Crippen molar-refractivity contribution in [1.82, 2.24) is 19.5 Å². The number of amides is 2. The van der Waals surface area contributed by atoms with Gasteiger partial charge in [-0.25, -0.2) is 14.2 Å². The minimum absolute atomic E-state index is 0.204. The lowest BCUT2D eigenvalue weighted by Crippen LogP contribution is -2.37. The van der Waals surface area contributed by atoms with Crippen molar-refractivity contribution >= 4 is 33.3 Å². The van der Waals surface area contributed by atoms with Crippen LogP contribution in [0.15, 0.2) is 71.6 Å². The molecule has 5 aromatic rings. The van der Waals surface area contributed by atoms with Crippen LogP contribution in [-0.4, -0.2) is 40.2 Å². The van der Waals surface area contributed by atoms with E-state index in [1.54, 1.807) is 18.5 Å². The molecule has 1 aromatic carbocycles. The van der Waals surface area contributed by atoms with E-state index >= 15 is 4.39 Å². The first-order valence-electron chi connectivity index (χ1n) is 12.5. The summed E-state index contributed by atoms with van der Waals surface area (Å²) >= 11 is 0. The molecule has 0 atom stereocenters. The summed E-state index contributed by atoms with van der Waals surface area (Å²) in [6, 6.07) is 12.2. The number of imidazole rings is 1. The number of anilines is 2. The lowest BCUT2D eigenvalue weighted by Gasteiger charge is -2.18. The van der Waals surface area contributed by atoms with Crippen molar-refractivity contribution < 1.29 is 26.4 Å². The average Bonchev–Trinajstić information content (AvgIpc) is 3.55. The number of hydrogen-bond acceptors (Lipinski definition) is 8. The number of fused-ring (bicyclic) bond motifs is 1. The first kappa shape index (κ1) is 27.9. The largest absolute Gasteiger partial charge is 0.359 e. The van der Waals surface area contributed by atoms with Crippen LogP contribution in [0.3, 0.4) is 0 Å². The number of urea groups is 1. The van der Waals surface area contributed by atoms with Crippen LogP contribution in [0.1, 0.15) is 32.2 Å². The summed E-state index contributed by atoms with van der Waals surface area (Å²) in [6.45, 7) is 7.46.